The summed E-state index contributed by atoms with van der Waals surface area (Å²) >= 11 is 0. The van der Waals surface area contributed by atoms with Crippen LogP contribution in [0.25, 0.3) is 22.4 Å². The first-order valence-corrected chi connectivity index (χ1v) is 13.4. The Morgan fingerprint density at radius 1 is 1.36 bits per heavy atom. The quantitative estimate of drug-likeness (QED) is 0.396. The lowest BCUT2D eigenvalue weighted by Crippen LogP contribution is -2.31. The van der Waals surface area contributed by atoms with E-state index < -0.39 is 35.3 Å². The van der Waals surface area contributed by atoms with Crippen LogP contribution in [0.15, 0.2) is 27.9 Å². The van der Waals surface area contributed by atoms with Gasteiger partial charge in [0.2, 0.25) is 10.0 Å². The van der Waals surface area contributed by atoms with Crippen LogP contribution in [0.3, 0.4) is 0 Å². The molecule has 2 aromatic heterocycles. The molecule has 0 radical (unpaired) electrons. The molecule has 0 bridgehead atoms. The number of aromatic nitrogens is 4. The monoisotopic (exact) mass is 523 g/mol. The van der Waals surface area contributed by atoms with E-state index in [0.29, 0.717) is 25.8 Å². The SMILES string of the molecule is [2H]C([2H])([2H])N1CCCC1CCNS(=O)(=O)c1ccc(OCCC)c(-c2nc3c(C([2H])([2H])C([2H])([2H])C)nn(C)c3c(=O)[nH]2)c1. The van der Waals surface area contributed by atoms with Gasteiger partial charge in [-0.1, -0.05) is 20.2 Å². The minimum Gasteiger partial charge on any atom is -0.493 e. The van der Waals surface area contributed by atoms with Gasteiger partial charge in [0.25, 0.3) is 5.56 Å². The third-order valence-electron chi connectivity index (χ3n) is 6.06. The molecule has 10 nitrogen and oxygen atoms in total. The predicted octanol–water partition coefficient (Wildman–Crippen LogP) is 2.83. The molecule has 11 heteroatoms. The highest BCUT2D eigenvalue weighted by atomic mass is 32.2. The van der Waals surface area contributed by atoms with E-state index in [1.165, 1.54) is 30.1 Å². The van der Waals surface area contributed by atoms with Crippen LogP contribution < -0.4 is 15.0 Å². The topological polar surface area (TPSA) is 122 Å². The van der Waals surface area contributed by atoms with Crippen molar-refractivity contribution in [3.05, 3.63) is 34.2 Å². The van der Waals surface area contributed by atoms with Gasteiger partial charge in [-0.25, -0.2) is 18.1 Å². The van der Waals surface area contributed by atoms with E-state index in [1.54, 1.807) is 0 Å². The lowest BCUT2D eigenvalue weighted by Gasteiger charge is -2.19. The van der Waals surface area contributed by atoms with Crippen LogP contribution in [0.2, 0.25) is 0 Å². The number of ether oxygens (including phenoxy) is 1. The maximum Gasteiger partial charge on any atom is 0.277 e. The maximum absolute atomic E-state index is 13.3. The number of H-pyrrole nitrogens is 1. The van der Waals surface area contributed by atoms with Gasteiger partial charge < -0.3 is 14.6 Å². The lowest BCUT2D eigenvalue weighted by molar-refractivity contribution is 0.297. The van der Waals surface area contributed by atoms with Crippen molar-refractivity contribution in [3.63, 3.8) is 0 Å². The third kappa shape index (κ3) is 5.47. The normalized spacial score (nSPS) is 20.8. The first-order valence-electron chi connectivity index (χ1n) is 15.4. The van der Waals surface area contributed by atoms with E-state index in [2.05, 4.69) is 19.8 Å². The minimum atomic E-state index is -4.08. The fourth-order valence-corrected chi connectivity index (χ4v) is 5.36. The molecule has 2 N–H and O–H groups in total. The second kappa shape index (κ2) is 11.1. The molecule has 1 unspecified atom stereocenters. The molecule has 1 atom stereocenters. The Labute approximate surface area is 222 Å². The van der Waals surface area contributed by atoms with Crippen molar-refractivity contribution in [3.8, 4) is 17.1 Å². The van der Waals surface area contributed by atoms with Gasteiger partial charge in [0, 0.05) is 29.2 Å². The van der Waals surface area contributed by atoms with Gasteiger partial charge in [0.15, 0.2) is 5.52 Å². The molecule has 1 aliphatic heterocycles. The predicted molar refractivity (Wildman–Crippen MR) is 140 cm³/mol. The van der Waals surface area contributed by atoms with Crippen molar-refractivity contribution in [1.82, 2.24) is 29.4 Å². The van der Waals surface area contributed by atoms with Crippen LogP contribution in [0.1, 0.15) is 61.2 Å². The van der Waals surface area contributed by atoms with Crippen molar-refractivity contribution >= 4 is 21.1 Å². The van der Waals surface area contributed by atoms with Gasteiger partial charge in [-0.05, 0) is 63.8 Å². The molecule has 3 aromatic rings. The zero-order valence-electron chi connectivity index (χ0n) is 27.6. The molecule has 0 spiro atoms. The average Bonchev–Trinajstić information content (AvgIpc) is 3.51. The number of nitrogens with zero attached hydrogens (tertiary/aromatic N) is 4. The summed E-state index contributed by atoms with van der Waals surface area (Å²) in [7, 11) is -2.66. The van der Waals surface area contributed by atoms with Crippen LogP contribution in [0.4, 0.5) is 0 Å². The average molecular weight is 524 g/mol. The van der Waals surface area contributed by atoms with Gasteiger partial charge in [-0.15, -0.1) is 0 Å². The Kier molecular flexibility index (Phi) is 5.70. The maximum atomic E-state index is 13.3. The molecule has 0 aliphatic carbocycles. The second-order valence-corrected chi connectivity index (χ2v) is 10.4. The second-order valence-electron chi connectivity index (χ2n) is 8.64. The summed E-state index contributed by atoms with van der Waals surface area (Å²) in [5.41, 5.74) is -1.18. The number of benzene rings is 1. The molecule has 1 aromatic carbocycles. The summed E-state index contributed by atoms with van der Waals surface area (Å²) in [5, 5.41) is 4.08. The van der Waals surface area contributed by atoms with E-state index >= 15 is 0 Å². The van der Waals surface area contributed by atoms with Gasteiger partial charge in [0.1, 0.15) is 17.1 Å². The van der Waals surface area contributed by atoms with Crippen molar-refractivity contribution in [1.29, 1.82) is 0 Å². The molecule has 36 heavy (non-hydrogen) atoms. The van der Waals surface area contributed by atoms with Crippen molar-refractivity contribution in [2.45, 2.75) is 63.2 Å². The Hall–Kier alpha value is -2.76. The number of nitrogens with one attached hydrogen (secondary N) is 2. The van der Waals surface area contributed by atoms with Crippen molar-refractivity contribution in [2.75, 3.05) is 26.7 Å². The zero-order valence-corrected chi connectivity index (χ0v) is 21.4. The van der Waals surface area contributed by atoms with Gasteiger partial charge in [-0.2, -0.15) is 5.10 Å². The summed E-state index contributed by atoms with van der Waals surface area (Å²) in [4.78, 5) is 21.5. The van der Waals surface area contributed by atoms with E-state index in [1.807, 2.05) is 6.92 Å². The molecule has 0 saturated carbocycles. The highest BCUT2D eigenvalue weighted by Crippen LogP contribution is 2.31. The lowest BCUT2D eigenvalue weighted by atomic mass is 10.1. The number of hydrogen-bond donors (Lipinski definition) is 2. The molecule has 196 valence electrons. The smallest absolute Gasteiger partial charge is 0.277 e. The summed E-state index contributed by atoms with van der Waals surface area (Å²) < 4.78 is 92.0. The first kappa shape index (κ1) is 18.5. The Bertz CT molecular complexity index is 1650. The van der Waals surface area contributed by atoms with Crippen LogP contribution in [0, 0.1) is 0 Å². The Morgan fingerprint density at radius 2 is 2.19 bits per heavy atom. The molecule has 1 fully saturated rings. The van der Waals surface area contributed by atoms with E-state index in [0.717, 1.165) is 18.0 Å². The van der Waals surface area contributed by atoms with Crippen LogP contribution in [-0.4, -0.2) is 65.8 Å². The number of sulfonamides is 1. The summed E-state index contributed by atoms with van der Waals surface area (Å²) in [5.74, 6) is 0.114. The van der Waals surface area contributed by atoms with Gasteiger partial charge in [0.05, 0.1) is 22.8 Å². The van der Waals surface area contributed by atoms with Crippen molar-refractivity contribution in [2.24, 2.45) is 7.05 Å². The van der Waals surface area contributed by atoms with Crippen LogP contribution in [0.5, 0.6) is 5.75 Å². The minimum absolute atomic E-state index is 0.0111. The molecular weight excluding hydrogens is 480 g/mol. The number of fused-ring (bicyclic) bond motifs is 1. The summed E-state index contributed by atoms with van der Waals surface area (Å²) in [6, 6.07) is 3.79. The molecular formula is C25H36N6O4S. The third-order valence-corrected chi connectivity index (χ3v) is 7.52. The molecule has 1 saturated heterocycles. The largest absolute Gasteiger partial charge is 0.493 e. The highest BCUT2D eigenvalue weighted by molar-refractivity contribution is 7.89. The molecule has 1 aliphatic rings. The highest BCUT2D eigenvalue weighted by Gasteiger charge is 2.23. The zero-order chi connectivity index (χ0) is 32.0. The molecule has 0 amide bonds. The Balaban J connectivity index is 1.73. The van der Waals surface area contributed by atoms with Gasteiger partial charge in [-0.3, -0.25) is 9.48 Å². The van der Waals surface area contributed by atoms with E-state index in [-0.39, 0.29) is 58.0 Å². The summed E-state index contributed by atoms with van der Waals surface area (Å²) in [6.07, 6.45) is -2.66. The number of hydrogen-bond acceptors (Lipinski definition) is 7. The number of aromatic amines is 1. The van der Waals surface area contributed by atoms with E-state index in [9.17, 15) is 13.2 Å². The van der Waals surface area contributed by atoms with Crippen LogP contribution >= 0.6 is 0 Å². The number of rotatable bonds is 11. The van der Waals surface area contributed by atoms with Gasteiger partial charge >= 0.3 is 0 Å². The van der Waals surface area contributed by atoms with E-state index in [4.69, 9.17) is 14.3 Å². The van der Waals surface area contributed by atoms with Crippen molar-refractivity contribution < 1.29 is 22.7 Å². The molecule has 3 heterocycles. The Morgan fingerprint density at radius 3 is 2.94 bits per heavy atom. The fourth-order valence-electron chi connectivity index (χ4n) is 4.29. The summed E-state index contributed by atoms with van der Waals surface area (Å²) in [6.45, 7) is 1.41. The number of likely N-dealkylation sites (tertiary alicyclic amines) is 1. The standard InChI is InChI=1S/C25H36N6O4S/c1-5-8-20-22-23(31(4)29-20)25(32)28-24(27-22)19-16-18(10-11-21(19)35-15-6-2)36(33,34)26-13-12-17-9-7-14-30(17)3/h10-11,16-17,26H,5-9,12-15H2,1-4H3,(H,27,28,32)/i3D3,5D2,8D2. The van der Waals surface area contributed by atoms with Crippen LogP contribution in [-0.2, 0) is 23.4 Å². The fraction of sp³-hybridized carbons (Fsp3) is 0.560. The first-order chi connectivity index (χ1) is 19.9. The number of aryl methyl sites for hydroxylation is 2. The molecule has 4 rings (SSSR count).